The molecule has 35 heavy (non-hydrogen) atoms. The van der Waals surface area contributed by atoms with Gasteiger partial charge in [-0.25, -0.2) is 18.9 Å². The van der Waals surface area contributed by atoms with E-state index in [-0.39, 0.29) is 31.3 Å². The zero-order chi connectivity index (χ0) is 25.6. The lowest BCUT2D eigenvalue weighted by Crippen LogP contribution is -2.36. The van der Waals surface area contributed by atoms with Crippen molar-refractivity contribution < 1.29 is 28.1 Å². The number of benzene rings is 1. The molecule has 0 radical (unpaired) electrons. The first kappa shape index (κ1) is 27.6. The van der Waals surface area contributed by atoms with Crippen LogP contribution in [0.15, 0.2) is 41.6 Å². The number of aromatic nitrogens is 2. The number of phosphoric acid groups is 1. The number of hydrogen-bond donors (Lipinski definition) is 4. The maximum Gasteiger partial charge on any atom is 0.469 e. The number of phosphoric ester groups is 1. The van der Waals surface area contributed by atoms with Crippen molar-refractivity contribution in [1.29, 1.82) is 0 Å². The summed E-state index contributed by atoms with van der Waals surface area (Å²) in [5.74, 6) is 2.22. The first-order valence-corrected chi connectivity index (χ1v) is 14.4. The molecule has 2 aromatic rings. The van der Waals surface area contributed by atoms with Gasteiger partial charge in [-0.05, 0) is 43.5 Å². The number of nitrogens with zero attached hydrogens (tertiary/aromatic N) is 2. The number of thioether (sulfide) groups is 2. The van der Waals surface area contributed by atoms with E-state index in [1.807, 2.05) is 0 Å². The van der Waals surface area contributed by atoms with Crippen molar-refractivity contribution in [1.82, 2.24) is 15.3 Å². The third-order valence-corrected chi connectivity index (χ3v) is 9.14. The van der Waals surface area contributed by atoms with E-state index in [4.69, 9.17) is 10.3 Å². The molecule has 1 aromatic carbocycles. The van der Waals surface area contributed by atoms with Crippen LogP contribution in [-0.2, 0) is 25.2 Å². The number of rotatable bonds is 9. The van der Waals surface area contributed by atoms with E-state index < -0.39 is 18.4 Å². The van der Waals surface area contributed by atoms with Crippen molar-refractivity contribution in [3.8, 4) is 0 Å². The number of anilines is 1. The average molecular weight is 543 g/mol. The van der Waals surface area contributed by atoms with Gasteiger partial charge >= 0.3 is 7.82 Å². The Hall–Kier alpha value is -1.95. The fourth-order valence-corrected chi connectivity index (χ4v) is 7.40. The van der Waals surface area contributed by atoms with Crippen LogP contribution < -0.4 is 11.1 Å². The summed E-state index contributed by atoms with van der Waals surface area (Å²) >= 11 is 3.26. The molecule has 190 valence electrons. The smallest absolute Gasteiger partial charge is 0.383 e. The number of carbonyl (C=O) groups excluding carboxylic acids is 1. The Morgan fingerprint density at radius 1 is 1.37 bits per heavy atom. The van der Waals surface area contributed by atoms with E-state index in [9.17, 15) is 23.5 Å². The molecule has 9 nitrogen and oxygen atoms in total. The van der Waals surface area contributed by atoms with Crippen molar-refractivity contribution in [2.45, 2.75) is 31.6 Å². The van der Waals surface area contributed by atoms with E-state index in [1.165, 1.54) is 12.1 Å². The largest absolute Gasteiger partial charge is 0.469 e. The molecular formula is C22H28FN4O5PS2. The minimum Gasteiger partial charge on any atom is -0.383 e. The summed E-state index contributed by atoms with van der Waals surface area (Å²) in [6.07, 6.45) is 1.62. The van der Waals surface area contributed by atoms with Gasteiger partial charge in [0.05, 0.1) is 11.4 Å². The summed E-state index contributed by atoms with van der Waals surface area (Å²) in [5, 5.41) is 2.82. The lowest BCUT2D eigenvalue weighted by molar-refractivity contribution is -0.117. The first-order valence-electron chi connectivity index (χ1n) is 10.8. The standard InChI is InChI=1S/C22H28FN4O5PS2/c1-14(21(28)26-12-16-11-25-15(2)27-20(16)24)19(6-7-32-33(29,30)31)22(13-34-8-9-35-22)17-4-3-5-18(23)10-17/h3-5,10-11H,6-9,12-13H2,1-2H3,(H,26,28)(H2,24,25,27)(H2,29,30,31)/b19-14-. The Morgan fingerprint density at radius 2 is 2.14 bits per heavy atom. The molecule has 1 unspecified atom stereocenters. The van der Waals surface area contributed by atoms with Gasteiger partial charge in [0, 0.05) is 41.1 Å². The monoisotopic (exact) mass is 542 g/mol. The zero-order valence-electron chi connectivity index (χ0n) is 19.4. The predicted molar refractivity (Wildman–Crippen MR) is 136 cm³/mol. The van der Waals surface area contributed by atoms with E-state index >= 15 is 0 Å². The quantitative estimate of drug-likeness (QED) is 0.275. The Balaban J connectivity index is 1.98. The highest BCUT2D eigenvalue weighted by Crippen LogP contribution is 2.51. The van der Waals surface area contributed by atoms with Gasteiger partial charge < -0.3 is 20.8 Å². The fourth-order valence-electron chi connectivity index (χ4n) is 3.84. The van der Waals surface area contributed by atoms with Gasteiger partial charge in [0.25, 0.3) is 0 Å². The summed E-state index contributed by atoms with van der Waals surface area (Å²) in [7, 11) is -4.70. The van der Waals surface area contributed by atoms with Crippen LogP contribution in [0.1, 0.15) is 30.3 Å². The van der Waals surface area contributed by atoms with Gasteiger partial charge in [-0.2, -0.15) is 11.8 Å². The highest BCUT2D eigenvalue weighted by molar-refractivity contribution is 8.07. The zero-order valence-corrected chi connectivity index (χ0v) is 21.9. The van der Waals surface area contributed by atoms with Gasteiger partial charge in [0.15, 0.2) is 0 Å². The predicted octanol–water partition coefficient (Wildman–Crippen LogP) is 3.31. The lowest BCUT2D eigenvalue weighted by Gasteiger charge is -2.40. The summed E-state index contributed by atoms with van der Waals surface area (Å²) in [6, 6.07) is 6.22. The highest BCUT2D eigenvalue weighted by atomic mass is 32.2. The molecule has 0 aliphatic carbocycles. The molecule has 2 heterocycles. The number of hydrogen-bond acceptors (Lipinski definition) is 8. The van der Waals surface area contributed by atoms with Crippen LogP contribution in [0.4, 0.5) is 10.2 Å². The van der Waals surface area contributed by atoms with E-state index in [1.54, 1.807) is 55.7 Å². The second kappa shape index (κ2) is 11.9. The molecule has 1 aliphatic rings. The van der Waals surface area contributed by atoms with Crippen LogP contribution in [0.3, 0.4) is 0 Å². The number of nitrogens with one attached hydrogen (secondary N) is 1. The van der Waals surface area contributed by atoms with Crippen LogP contribution in [0, 0.1) is 12.7 Å². The van der Waals surface area contributed by atoms with E-state index in [0.29, 0.717) is 33.9 Å². The molecule has 0 bridgehead atoms. The number of nitrogens with two attached hydrogens (primary N) is 1. The van der Waals surface area contributed by atoms with Crippen LogP contribution in [0.25, 0.3) is 0 Å². The Kier molecular flexibility index (Phi) is 9.36. The summed E-state index contributed by atoms with van der Waals surface area (Å²) in [5.41, 5.74) is 8.17. The fraction of sp³-hybridized carbons (Fsp3) is 0.409. The normalized spacial score (nSPS) is 19.2. The topological polar surface area (TPSA) is 148 Å². The number of amides is 1. The number of halogens is 1. The second-order valence-corrected chi connectivity index (χ2v) is 11.7. The van der Waals surface area contributed by atoms with Crippen molar-refractivity contribution >= 4 is 43.1 Å². The molecule has 1 atom stereocenters. The summed E-state index contributed by atoms with van der Waals surface area (Å²) < 4.78 is 29.5. The molecule has 1 fully saturated rings. The Morgan fingerprint density at radius 3 is 2.77 bits per heavy atom. The van der Waals surface area contributed by atoms with Crippen molar-refractivity contribution in [3.05, 3.63) is 64.4 Å². The minimum atomic E-state index is -4.70. The molecule has 1 aliphatic heterocycles. The molecular weight excluding hydrogens is 514 g/mol. The van der Waals surface area contributed by atoms with Crippen molar-refractivity contribution in [2.75, 3.05) is 29.6 Å². The molecule has 0 saturated carbocycles. The van der Waals surface area contributed by atoms with Gasteiger partial charge in [-0.1, -0.05) is 12.1 Å². The number of aryl methyl sites for hydroxylation is 1. The van der Waals surface area contributed by atoms with Gasteiger partial charge in [0.2, 0.25) is 5.91 Å². The molecule has 5 N–H and O–H groups in total. The third kappa shape index (κ3) is 7.28. The van der Waals surface area contributed by atoms with Gasteiger partial charge in [-0.15, -0.1) is 11.8 Å². The van der Waals surface area contributed by atoms with Crippen molar-refractivity contribution in [3.63, 3.8) is 0 Å². The summed E-state index contributed by atoms with van der Waals surface area (Å²) in [4.78, 5) is 39.8. The third-order valence-electron chi connectivity index (χ3n) is 5.52. The van der Waals surface area contributed by atoms with Crippen LogP contribution >= 0.6 is 31.3 Å². The van der Waals surface area contributed by atoms with Crippen molar-refractivity contribution in [2.24, 2.45) is 0 Å². The molecule has 0 spiro atoms. The minimum absolute atomic E-state index is 0.0736. The van der Waals surface area contributed by atoms with Gasteiger partial charge in [0.1, 0.15) is 17.5 Å². The maximum atomic E-state index is 14.2. The van der Waals surface area contributed by atoms with Gasteiger partial charge in [-0.3, -0.25) is 9.32 Å². The van der Waals surface area contributed by atoms with Crippen LogP contribution in [0.5, 0.6) is 0 Å². The van der Waals surface area contributed by atoms with E-state index in [2.05, 4.69) is 15.3 Å². The van der Waals surface area contributed by atoms with Crippen LogP contribution in [-0.4, -0.2) is 49.5 Å². The molecule has 1 amide bonds. The first-order chi connectivity index (χ1) is 16.5. The lowest BCUT2D eigenvalue weighted by atomic mass is 9.86. The Bertz CT molecular complexity index is 1150. The number of carbonyl (C=O) groups is 1. The second-order valence-electron chi connectivity index (χ2n) is 7.93. The SMILES string of the molecule is C/C(C(=O)NCc1cnc(C)nc1N)=C(\CCOP(=O)(O)O)C1(c2cccc(F)c2)CSCCS1. The molecule has 13 heteroatoms. The number of nitrogen functional groups attached to an aromatic ring is 1. The maximum absolute atomic E-state index is 14.2. The Labute approximate surface area is 211 Å². The molecule has 3 rings (SSSR count). The molecule has 1 saturated heterocycles. The van der Waals surface area contributed by atoms with E-state index in [0.717, 1.165) is 11.5 Å². The average Bonchev–Trinajstić information content (AvgIpc) is 2.80. The molecule has 1 aromatic heterocycles. The van der Waals surface area contributed by atoms with Crippen LogP contribution in [0.2, 0.25) is 0 Å². The summed E-state index contributed by atoms with van der Waals surface area (Å²) in [6.45, 7) is 3.16. The highest BCUT2D eigenvalue weighted by Gasteiger charge is 2.41.